The first-order valence-corrected chi connectivity index (χ1v) is 10.1. The average Bonchev–Trinajstić information content (AvgIpc) is 3.40. The van der Waals surface area contributed by atoms with Gasteiger partial charge in [0.25, 0.3) is 0 Å². The van der Waals surface area contributed by atoms with E-state index >= 15 is 0 Å². The summed E-state index contributed by atoms with van der Waals surface area (Å²) in [4.78, 5) is 16.4. The summed E-state index contributed by atoms with van der Waals surface area (Å²) < 4.78 is 26.9. The predicted molar refractivity (Wildman–Crippen MR) is 90.7 cm³/mol. The standard InChI is InChI=1S/C17H25N3O3S/c1-13-4-6-14(7-5-13)19-17(21)12-20(15-8-9-15)24(22,23)16-3-2-10-18-11-16/h2-3,10-11,13-15H,4-9,12H2,1H3,(H,19,21). The van der Waals surface area contributed by atoms with Crippen molar-refractivity contribution < 1.29 is 13.2 Å². The Balaban J connectivity index is 1.65. The highest BCUT2D eigenvalue weighted by Crippen LogP contribution is 2.31. The van der Waals surface area contributed by atoms with Crippen molar-refractivity contribution in [1.82, 2.24) is 14.6 Å². The van der Waals surface area contributed by atoms with Gasteiger partial charge in [0.05, 0.1) is 6.54 Å². The van der Waals surface area contributed by atoms with E-state index in [0.29, 0.717) is 5.92 Å². The molecule has 2 aliphatic rings. The van der Waals surface area contributed by atoms with E-state index in [1.165, 1.54) is 22.8 Å². The maximum atomic E-state index is 12.8. The SMILES string of the molecule is CC1CCC(NC(=O)CN(C2CC2)S(=O)(=O)c2cccnc2)CC1. The van der Waals surface area contributed by atoms with E-state index in [1.807, 2.05) is 0 Å². The number of carbonyl (C=O) groups excluding carboxylic acids is 1. The van der Waals surface area contributed by atoms with E-state index < -0.39 is 10.0 Å². The molecule has 0 atom stereocenters. The molecule has 6 nitrogen and oxygen atoms in total. The second-order valence-corrected chi connectivity index (χ2v) is 8.89. The second kappa shape index (κ2) is 7.19. The Labute approximate surface area is 143 Å². The third-order valence-electron chi connectivity index (χ3n) is 4.88. The summed E-state index contributed by atoms with van der Waals surface area (Å²) in [6.07, 6.45) is 8.69. The fourth-order valence-electron chi connectivity index (χ4n) is 3.23. The molecule has 0 spiro atoms. The maximum absolute atomic E-state index is 12.8. The molecule has 2 saturated carbocycles. The zero-order valence-electron chi connectivity index (χ0n) is 14.0. The molecule has 0 saturated heterocycles. The lowest BCUT2D eigenvalue weighted by Gasteiger charge is -2.28. The number of rotatable bonds is 6. The van der Waals surface area contributed by atoms with Crippen LogP contribution in [0.5, 0.6) is 0 Å². The van der Waals surface area contributed by atoms with Gasteiger partial charge in [0.2, 0.25) is 15.9 Å². The molecule has 0 bridgehead atoms. The Bertz CT molecular complexity index is 666. The van der Waals surface area contributed by atoms with Crippen molar-refractivity contribution in [3.8, 4) is 0 Å². The van der Waals surface area contributed by atoms with Gasteiger partial charge in [-0.2, -0.15) is 4.31 Å². The van der Waals surface area contributed by atoms with E-state index in [-0.39, 0.29) is 29.4 Å². The lowest BCUT2D eigenvalue weighted by atomic mass is 9.87. The van der Waals surface area contributed by atoms with Crippen LogP contribution in [0.4, 0.5) is 0 Å². The number of amides is 1. The van der Waals surface area contributed by atoms with Crippen LogP contribution in [0.3, 0.4) is 0 Å². The lowest BCUT2D eigenvalue weighted by Crippen LogP contribution is -2.45. The molecule has 0 unspecified atom stereocenters. The van der Waals surface area contributed by atoms with Gasteiger partial charge in [-0.05, 0) is 56.6 Å². The van der Waals surface area contributed by atoms with Crippen LogP contribution in [0.15, 0.2) is 29.4 Å². The molecule has 1 aromatic heterocycles. The van der Waals surface area contributed by atoms with Crippen LogP contribution in [0.1, 0.15) is 45.4 Å². The van der Waals surface area contributed by atoms with Gasteiger partial charge in [0, 0.05) is 24.5 Å². The summed E-state index contributed by atoms with van der Waals surface area (Å²) in [6.45, 7) is 2.13. The highest BCUT2D eigenvalue weighted by molar-refractivity contribution is 7.89. The maximum Gasteiger partial charge on any atom is 0.245 e. The smallest absolute Gasteiger partial charge is 0.245 e. The van der Waals surface area contributed by atoms with Gasteiger partial charge >= 0.3 is 0 Å². The van der Waals surface area contributed by atoms with Crippen LogP contribution in [-0.4, -0.2) is 42.2 Å². The van der Waals surface area contributed by atoms with Gasteiger partial charge in [0.15, 0.2) is 0 Å². The van der Waals surface area contributed by atoms with Crippen molar-refractivity contribution in [2.24, 2.45) is 5.92 Å². The molecule has 7 heteroatoms. The molecular formula is C17H25N3O3S. The minimum Gasteiger partial charge on any atom is -0.352 e. The van der Waals surface area contributed by atoms with Crippen molar-refractivity contribution in [2.45, 2.75) is 62.4 Å². The van der Waals surface area contributed by atoms with Gasteiger partial charge in [-0.3, -0.25) is 9.78 Å². The predicted octanol–water partition coefficient (Wildman–Crippen LogP) is 1.93. The molecule has 24 heavy (non-hydrogen) atoms. The van der Waals surface area contributed by atoms with Crippen molar-refractivity contribution in [3.05, 3.63) is 24.5 Å². The molecular weight excluding hydrogens is 326 g/mol. The number of hydrogen-bond acceptors (Lipinski definition) is 4. The Hall–Kier alpha value is -1.47. The largest absolute Gasteiger partial charge is 0.352 e. The van der Waals surface area contributed by atoms with Crippen LogP contribution in [0, 0.1) is 5.92 Å². The summed E-state index contributed by atoms with van der Waals surface area (Å²) in [5.41, 5.74) is 0. The fourth-order valence-corrected chi connectivity index (χ4v) is 4.83. The summed E-state index contributed by atoms with van der Waals surface area (Å²) in [6, 6.07) is 3.24. The molecule has 0 aromatic carbocycles. The Morgan fingerprint density at radius 3 is 2.54 bits per heavy atom. The third kappa shape index (κ3) is 4.13. The van der Waals surface area contributed by atoms with Crippen LogP contribution in [-0.2, 0) is 14.8 Å². The number of nitrogens with one attached hydrogen (secondary N) is 1. The van der Waals surface area contributed by atoms with Gasteiger partial charge in [-0.15, -0.1) is 0 Å². The lowest BCUT2D eigenvalue weighted by molar-refractivity contribution is -0.122. The molecule has 0 radical (unpaired) electrons. The molecule has 1 aromatic rings. The highest BCUT2D eigenvalue weighted by Gasteiger charge is 2.39. The Morgan fingerprint density at radius 1 is 1.25 bits per heavy atom. The van der Waals surface area contributed by atoms with Crippen molar-refractivity contribution in [3.63, 3.8) is 0 Å². The van der Waals surface area contributed by atoms with E-state index in [1.54, 1.807) is 6.07 Å². The van der Waals surface area contributed by atoms with Crippen LogP contribution in [0.25, 0.3) is 0 Å². The zero-order valence-corrected chi connectivity index (χ0v) is 14.8. The number of sulfonamides is 1. The molecule has 2 fully saturated rings. The summed E-state index contributed by atoms with van der Waals surface area (Å²) in [5.74, 6) is 0.515. The second-order valence-electron chi connectivity index (χ2n) is 6.99. The van der Waals surface area contributed by atoms with E-state index in [2.05, 4.69) is 17.2 Å². The first-order chi connectivity index (χ1) is 11.5. The number of aromatic nitrogens is 1. The van der Waals surface area contributed by atoms with Gasteiger partial charge < -0.3 is 5.32 Å². The molecule has 3 rings (SSSR count). The van der Waals surface area contributed by atoms with Crippen molar-refractivity contribution in [1.29, 1.82) is 0 Å². The zero-order chi connectivity index (χ0) is 17.2. The number of nitrogens with zero attached hydrogens (tertiary/aromatic N) is 2. The number of carbonyl (C=O) groups is 1. The van der Waals surface area contributed by atoms with E-state index in [9.17, 15) is 13.2 Å². The van der Waals surface area contributed by atoms with Crippen LogP contribution < -0.4 is 5.32 Å². The van der Waals surface area contributed by atoms with Gasteiger partial charge in [0.1, 0.15) is 4.90 Å². The number of hydrogen-bond donors (Lipinski definition) is 1. The quantitative estimate of drug-likeness (QED) is 0.849. The molecule has 2 aliphatic carbocycles. The summed E-state index contributed by atoms with van der Waals surface area (Å²) >= 11 is 0. The third-order valence-corrected chi connectivity index (χ3v) is 6.76. The molecule has 0 aliphatic heterocycles. The fraction of sp³-hybridized carbons (Fsp3) is 0.647. The van der Waals surface area contributed by atoms with E-state index in [4.69, 9.17) is 0 Å². The monoisotopic (exact) mass is 351 g/mol. The number of pyridine rings is 1. The van der Waals surface area contributed by atoms with Crippen LogP contribution >= 0.6 is 0 Å². The topological polar surface area (TPSA) is 79.4 Å². The van der Waals surface area contributed by atoms with E-state index in [0.717, 1.165) is 38.5 Å². The summed E-state index contributed by atoms with van der Waals surface area (Å²) in [5, 5.41) is 3.02. The Kier molecular flexibility index (Phi) is 5.20. The van der Waals surface area contributed by atoms with Crippen molar-refractivity contribution in [2.75, 3.05) is 6.54 Å². The van der Waals surface area contributed by atoms with Gasteiger partial charge in [-0.25, -0.2) is 8.42 Å². The molecule has 1 amide bonds. The molecule has 1 N–H and O–H groups in total. The minimum absolute atomic E-state index is 0.0627. The Morgan fingerprint density at radius 2 is 1.96 bits per heavy atom. The minimum atomic E-state index is -3.67. The first-order valence-electron chi connectivity index (χ1n) is 8.68. The van der Waals surface area contributed by atoms with Gasteiger partial charge in [-0.1, -0.05) is 6.92 Å². The highest BCUT2D eigenvalue weighted by atomic mass is 32.2. The molecule has 1 heterocycles. The normalized spacial score (nSPS) is 24.8. The van der Waals surface area contributed by atoms with Crippen molar-refractivity contribution >= 4 is 15.9 Å². The summed E-state index contributed by atoms with van der Waals surface area (Å²) in [7, 11) is -3.67. The first kappa shape index (κ1) is 17.4. The van der Waals surface area contributed by atoms with Crippen LogP contribution in [0.2, 0.25) is 0 Å². The molecule has 132 valence electrons. The average molecular weight is 351 g/mol.